The summed E-state index contributed by atoms with van der Waals surface area (Å²) in [6.07, 6.45) is 2.26. The standard InChI is InChI=1S/C24H19F2N7O3/c1-13-18(10-17(12-29-13)31-23(34)15-4-5-27-20(7-15)22(25)26)19-8-16(11-30-33-19)14-3-6-28-21(9-14)32-24(35)36-2/h3-12,22H,1-2H3,(H,31,34)(H,28,32,35). The van der Waals surface area contributed by atoms with Crippen molar-refractivity contribution in [1.29, 1.82) is 0 Å². The molecule has 0 saturated heterocycles. The number of rotatable bonds is 6. The van der Waals surface area contributed by atoms with E-state index in [1.807, 2.05) is 0 Å². The number of anilines is 2. The fourth-order valence-corrected chi connectivity index (χ4v) is 3.26. The average Bonchev–Trinajstić information content (AvgIpc) is 2.90. The summed E-state index contributed by atoms with van der Waals surface area (Å²) in [4.78, 5) is 36.1. The van der Waals surface area contributed by atoms with E-state index in [-0.39, 0.29) is 5.56 Å². The van der Waals surface area contributed by atoms with Crippen LogP contribution < -0.4 is 10.6 Å². The maximum atomic E-state index is 12.9. The molecule has 0 fully saturated rings. The Bertz CT molecular complexity index is 1430. The summed E-state index contributed by atoms with van der Waals surface area (Å²) < 4.78 is 30.4. The van der Waals surface area contributed by atoms with E-state index in [0.717, 1.165) is 17.8 Å². The summed E-state index contributed by atoms with van der Waals surface area (Å²) in [5, 5.41) is 13.4. The predicted octanol–water partition coefficient (Wildman–Crippen LogP) is 4.67. The van der Waals surface area contributed by atoms with Crippen molar-refractivity contribution in [3.8, 4) is 22.4 Å². The number of carbonyl (C=O) groups excluding carboxylic acids is 2. The summed E-state index contributed by atoms with van der Waals surface area (Å²) in [6.45, 7) is 1.78. The van der Waals surface area contributed by atoms with Crippen LogP contribution in [0.2, 0.25) is 0 Å². The van der Waals surface area contributed by atoms with Crippen LogP contribution in [0.1, 0.15) is 28.2 Å². The van der Waals surface area contributed by atoms with E-state index in [1.165, 1.54) is 25.6 Å². The largest absolute Gasteiger partial charge is 0.453 e. The SMILES string of the molecule is COC(=O)Nc1cc(-c2cnnc(-c3cc(NC(=O)c4ccnc(C(F)F)c4)cnc3C)c2)ccn1. The van der Waals surface area contributed by atoms with Gasteiger partial charge < -0.3 is 10.1 Å². The molecule has 0 aromatic carbocycles. The number of methoxy groups -OCH3 is 1. The zero-order valence-corrected chi connectivity index (χ0v) is 19.1. The van der Waals surface area contributed by atoms with Gasteiger partial charge in [0.05, 0.1) is 30.9 Å². The van der Waals surface area contributed by atoms with Crippen LogP contribution in [0.4, 0.5) is 25.1 Å². The molecule has 0 radical (unpaired) electrons. The van der Waals surface area contributed by atoms with Crippen molar-refractivity contribution in [2.75, 3.05) is 17.7 Å². The molecule has 12 heteroatoms. The lowest BCUT2D eigenvalue weighted by molar-refractivity contribution is 0.102. The summed E-state index contributed by atoms with van der Waals surface area (Å²) in [7, 11) is 1.25. The van der Waals surface area contributed by atoms with Crippen molar-refractivity contribution >= 4 is 23.5 Å². The summed E-state index contributed by atoms with van der Waals surface area (Å²) in [6, 6.07) is 9.22. The van der Waals surface area contributed by atoms with Gasteiger partial charge >= 0.3 is 6.09 Å². The molecule has 4 heterocycles. The lowest BCUT2D eigenvalue weighted by atomic mass is 10.0. The minimum atomic E-state index is -2.79. The first-order valence-electron chi connectivity index (χ1n) is 10.5. The van der Waals surface area contributed by atoms with E-state index < -0.39 is 24.1 Å². The zero-order valence-electron chi connectivity index (χ0n) is 19.1. The monoisotopic (exact) mass is 491 g/mol. The van der Waals surface area contributed by atoms with Gasteiger partial charge in [-0.2, -0.15) is 10.2 Å². The molecule has 0 atom stereocenters. The first-order valence-corrected chi connectivity index (χ1v) is 10.5. The number of amides is 2. The van der Waals surface area contributed by atoms with E-state index in [2.05, 4.69) is 40.5 Å². The Morgan fingerprint density at radius 3 is 2.53 bits per heavy atom. The number of halogens is 2. The Morgan fingerprint density at radius 1 is 0.944 bits per heavy atom. The Hall–Kier alpha value is -4.87. The molecular formula is C24H19F2N7O3. The molecule has 0 aliphatic carbocycles. The number of carbonyl (C=O) groups is 2. The number of pyridine rings is 3. The first-order chi connectivity index (χ1) is 17.3. The lowest BCUT2D eigenvalue weighted by Gasteiger charge is -2.11. The Labute approximate surface area is 203 Å². The van der Waals surface area contributed by atoms with Gasteiger partial charge in [-0.15, -0.1) is 0 Å². The maximum Gasteiger partial charge on any atom is 0.412 e. The number of ether oxygens (including phenoxy) is 1. The third kappa shape index (κ3) is 5.60. The van der Waals surface area contributed by atoms with Crippen molar-refractivity contribution < 1.29 is 23.1 Å². The first kappa shape index (κ1) is 24.3. The zero-order chi connectivity index (χ0) is 25.7. The van der Waals surface area contributed by atoms with Crippen LogP contribution in [0.15, 0.2) is 61.2 Å². The highest BCUT2D eigenvalue weighted by molar-refractivity contribution is 6.04. The molecule has 0 saturated carbocycles. The number of aromatic nitrogens is 5. The van der Waals surface area contributed by atoms with Gasteiger partial charge in [0, 0.05) is 34.8 Å². The second-order valence-corrected chi connectivity index (χ2v) is 7.46. The van der Waals surface area contributed by atoms with Gasteiger partial charge in [-0.25, -0.2) is 18.6 Å². The molecule has 36 heavy (non-hydrogen) atoms. The minimum Gasteiger partial charge on any atom is -0.453 e. The van der Waals surface area contributed by atoms with Crippen LogP contribution in [0.25, 0.3) is 22.4 Å². The summed E-state index contributed by atoms with van der Waals surface area (Å²) in [5.74, 6) is -0.287. The molecule has 4 aromatic heterocycles. The van der Waals surface area contributed by atoms with Gasteiger partial charge in [0.1, 0.15) is 11.5 Å². The molecule has 2 amide bonds. The number of hydrogen-bond donors (Lipinski definition) is 2. The molecule has 10 nitrogen and oxygen atoms in total. The van der Waals surface area contributed by atoms with Crippen molar-refractivity contribution in [1.82, 2.24) is 25.1 Å². The van der Waals surface area contributed by atoms with Crippen molar-refractivity contribution in [2.45, 2.75) is 13.3 Å². The van der Waals surface area contributed by atoms with Gasteiger partial charge in [-0.05, 0) is 48.9 Å². The predicted molar refractivity (Wildman–Crippen MR) is 126 cm³/mol. The van der Waals surface area contributed by atoms with Gasteiger partial charge in [0.2, 0.25) is 0 Å². The number of aryl methyl sites for hydroxylation is 1. The highest BCUT2D eigenvalue weighted by atomic mass is 19.3. The number of hydrogen-bond acceptors (Lipinski definition) is 8. The van der Waals surface area contributed by atoms with E-state index in [9.17, 15) is 18.4 Å². The van der Waals surface area contributed by atoms with Gasteiger partial charge in [-0.3, -0.25) is 20.1 Å². The third-order valence-electron chi connectivity index (χ3n) is 5.05. The van der Waals surface area contributed by atoms with E-state index in [0.29, 0.717) is 34.0 Å². The topological polar surface area (TPSA) is 132 Å². The Morgan fingerprint density at radius 2 is 1.75 bits per heavy atom. The average molecular weight is 491 g/mol. The smallest absolute Gasteiger partial charge is 0.412 e. The molecule has 4 rings (SSSR count). The molecule has 0 aliphatic heterocycles. The van der Waals surface area contributed by atoms with Crippen LogP contribution in [0, 0.1) is 6.92 Å². The van der Waals surface area contributed by atoms with E-state index in [1.54, 1.807) is 37.4 Å². The van der Waals surface area contributed by atoms with Crippen molar-refractivity contribution in [2.24, 2.45) is 0 Å². The molecule has 182 valence electrons. The minimum absolute atomic E-state index is 0.0401. The van der Waals surface area contributed by atoms with Crippen molar-refractivity contribution in [3.05, 3.63) is 78.1 Å². The second kappa shape index (κ2) is 10.6. The fraction of sp³-hybridized carbons (Fsp3) is 0.125. The Balaban J connectivity index is 1.60. The van der Waals surface area contributed by atoms with E-state index >= 15 is 0 Å². The highest BCUT2D eigenvalue weighted by Gasteiger charge is 2.15. The van der Waals surface area contributed by atoms with Gasteiger partial charge in [0.25, 0.3) is 12.3 Å². The Kier molecular flexibility index (Phi) is 7.14. The fourth-order valence-electron chi connectivity index (χ4n) is 3.26. The van der Waals surface area contributed by atoms with Crippen molar-refractivity contribution in [3.63, 3.8) is 0 Å². The quantitative estimate of drug-likeness (QED) is 0.398. The second-order valence-electron chi connectivity index (χ2n) is 7.46. The van der Waals surface area contributed by atoms with Crippen LogP contribution in [0.3, 0.4) is 0 Å². The molecule has 0 spiro atoms. The summed E-state index contributed by atoms with van der Waals surface area (Å²) in [5.41, 5.74) is 3.03. The molecule has 0 unspecified atom stereocenters. The molecule has 0 aliphatic rings. The third-order valence-corrected chi connectivity index (χ3v) is 5.05. The number of alkyl halides is 2. The highest BCUT2D eigenvalue weighted by Crippen LogP contribution is 2.28. The van der Waals surface area contributed by atoms with Crippen LogP contribution in [0.5, 0.6) is 0 Å². The number of nitrogens with zero attached hydrogens (tertiary/aromatic N) is 5. The van der Waals surface area contributed by atoms with Crippen LogP contribution >= 0.6 is 0 Å². The maximum absolute atomic E-state index is 12.9. The summed E-state index contributed by atoms with van der Waals surface area (Å²) >= 11 is 0. The van der Waals surface area contributed by atoms with Crippen LogP contribution in [-0.4, -0.2) is 44.3 Å². The van der Waals surface area contributed by atoms with Gasteiger partial charge in [-0.1, -0.05) is 0 Å². The molecular weight excluding hydrogens is 472 g/mol. The molecule has 4 aromatic rings. The van der Waals surface area contributed by atoms with Crippen LogP contribution in [-0.2, 0) is 4.74 Å². The molecule has 0 bridgehead atoms. The number of nitrogens with one attached hydrogen (secondary N) is 2. The molecule has 2 N–H and O–H groups in total. The van der Waals surface area contributed by atoms with E-state index in [4.69, 9.17) is 0 Å². The lowest BCUT2D eigenvalue weighted by Crippen LogP contribution is -2.13. The van der Waals surface area contributed by atoms with Gasteiger partial charge in [0.15, 0.2) is 0 Å². The normalized spacial score (nSPS) is 10.7.